The molecule has 1 saturated heterocycles. The zero-order chi connectivity index (χ0) is 26.3. The molecule has 0 spiro atoms. The average molecular weight is 497 g/mol. The van der Waals surface area contributed by atoms with Crippen LogP contribution < -0.4 is 0 Å². The number of fused-ring (bicyclic) bond motifs is 1. The second-order valence-electron chi connectivity index (χ2n) is 11.3. The van der Waals surface area contributed by atoms with Crippen LogP contribution in [0.3, 0.4) is 0 Å². The SMILES string of the molecule is CC[Si](CC)(CC)O[C@H]1CC(C)(C)[C@]2(/C=C/C(C)=C/C=C/C(C)=C/C=C/C=C(\C)C=O)O[C@]2(C)C1. The largest absolute Gasteiger partial charge is 0.414 e. The monoisotopic (exact) mass is 496 g/mol. The van der Waals surface area contributed by atoms with Crippen LogP contribution in [0.5, 0.6) is 0 Å². The highest BCUT2D eigenvalue weighted by atomic mass is 28.4. The van der Waals surface area contributed by atoms with E-state index in [1.807, 2.05) is 18.2 Å². The molecule has 1 heterocycles. The van der Waals surface area contributed by atoms with Crippen LogP contribution in [0.15, 0.2) is 71.4 Å². The molecule has 0 aromatic rings. The molecular weight excluding hydrogens is 448 g/mol. The van der Waals surface area contributed by atoms with Gasteiger partial charge in [-0.05, 0) is 63.9 Å². The fraction of sp³-hybridized carbons (Fsp3) is 0.581. The highest BCUT2D eigenvalue weighted by Crippen LogP contribution is 2.66. The minimum atomic E-state index is -1.63. The van der Waals surface area contributed by atoms with E-state index in [1.165, 1.54) is 23.7 Å². The molecule has 2 rings (SSSR count). The van der Waals surface area contributed by atoms with E-state index < -0.39 is 8.32 Å². The lowest BCUT2D eigenvalue weighted by atomic mass is 9.63. The van der Waals surface area contributed by atoms with Crippen molar-refractivity contribution >= 4 is 14.6 Å². The molecular formula is C31H48O3Si. The lowest BCUT2D eigenvalue weighted by Crippen LogP contribution is -2.50. The maximum atomic E-state index is 10.6. The summed E-state index contributed by atoms with van der Waals surface area (Å²) in [6, 6.07) is 3.58. The van der Waals surface area contributed by atoms with Gasteiger partial charge in [-0.15, -0.1) is 0 Å². The van der Waals surface area contributed by atoms with Crippen molar-refractivity contribution in [1.29, 1.82) is 0 Å². The van der Waals surface area contributed by atoms with Crippen LogP contribution in [0, 0.1) is 5.41 Å². The number of carbonyl (C=O) groups is 1. The topological polar surface area (TPSA) is 38.8 Å². The van der Waals surface area contributed by atoms with E-state index in [9.17, 15) is 4.79 Å². The van der Waals surface area contributed by atoms with Gasteiger partial charge in [0, 0.05) is 17.9 Å². The van der Waals surface area contributed by atoms with Gasteiger partial charge in [0.1, 0.15) is 17.5 Å². The van der Waals surface area contributed by atoms with Crippen molar-refractivity contribution in [2.75, 3.05) is 0 Å². The molecule has 35 heavy (non-hydrogen) atoms. The first-order valence-electron chi connectivity index (χ1n) is 13.3. The van der Waals surface area contributed by atoms with Crippen molar-refractivity contribution in [1.82, 2.24) is 0 Å². The van der Waals surface area contributed by atoms with E-state index in [1.54, 1.807) is 13.0 Å². The van der Waals surface area contributed by atoms with E-state index in [0.29, 0.717) is 11.7 Å². The van der Waals surface area contributed by atoms with Gasteiger partial charge in [0.2, 0.25) is 0 Å². The fourth-order valence-corrected chi connectivity index (χ4v) is 8.52. The highest BCUT2D eigenvalue weighted by Gasteiger charge is 2.75. The third-order valence-corrected chi connectivity index (χ3v) is 12.9. The summed E-state index contributed by atoms with van der Waals surface area (Å²) >= 11 is 0. The highest BCUT2D eigenvalue weighted by molar-refractivity contribution is 6.73. The summed E-state index contributed by atoms with van der Waals surface area (Å²) in [6.45, 7) is 19.9. The standard InChI is InChI=1S/C31H48O3Si/c1-10-35(11-2,12-3)33-28-22-29(7,8)31(30(9,23-28)34-31)21-20-26(5)19-15-18-25(4)16-13-14-17-27(6)24-32/h13-21,24,28H,10-12,22-23H2,1-9H3/b14-13+,18-15+,21-20+,25-16+,26-19+,27-17+/t28-,30+,31-/m0/s1. The van der Waals surface area contributed by atoms with Gasteiger partial charge in [-0.3, -0.25) is 4.79 Å². The summed E-state index contributed by atoms with van der Waals surface area (Å²) in [7, 11) is -1.63. The zero-order valence-electron chi connectivity index (χ0n) is 23.6. The predicted octanol–water partition coefficient (Wildman–Crippen LogP) is 8.43. The first-order chi connectivity index (χ1) is 16.4. The Labute approximate surface area is 215 Å². The molecule has 0 aromatic heterocycles. The average Bonchev–Trinajstić information content (AvgIpc) is 3.45. The zero-order valence-corrected chi connectivity index (χ0v) is 24.6. The number of ether oxygens (including phenoxy) is 1. The number of hydrogen-bond donors (Lipinski definition) is 0. The summed E-state index contributed by atoms with van der Waals surface area (Å²) < 4.78 is 13.5. The maximum absolute atomic E-state index is 10.6. The van der Waals surface area contributed by atoms with Crippen molar-refractivity contribution in [3.8, 4) is 0 Å². The van der Waals surface area contributed by atoms with Crippen LogP contribution in [-0.4, -0.2) is 31.9 Å². The molecule has 0 N–H and O–H groups in total. The Hall–Kier alpha value is -1.75. The van der Waals surface area contributed by atoms with Crippen LogP contribution >= 0.6 is 0 Å². The van der Waals surface area contributed by atoms with Gasteiger partial charge >= 0.3 is 0 Å². The Kier molecular flexibility index (Phi) is 10.1. The molecule has 0 bridgehead atoms. The predicted molar refractivity (Wildman–Crippen MR) is 152 cm³/mol. The van der Waals surface area contributed by atoms with E-state index in [0.717, 1.165) is 24.7 Å². The minimum Gasteiger partial charge on any atom is -0.414 e. The van der Waals surface area contributed by atoms with E-state index in [-0.39, 0.29) is 16.6 Å². The molecule has 1 aliphatic heterocycles. The van der Waals surface area contributed by atoms with Crippen molar-refractivity contribution in [2.45, 2.75) is 111 Å². The maximum Gasteiger partial charge on any atom is 0.192 e. The minimum absolute atomic E-state index is 0.0228. The normalized spacial score (nSPS) is 29.9. The van der Waals surface area contributed by atoms with Gasteiger partial charge in [0.25, 0.3) is 0 Å². The van der Waals surface area contributed by atoms with Crippen LogP contribution in [0.4, 0.5) is 0 Å². The summed E-state index contributed by atoms with van der Waals surface area (Å²) in [6.07, 6.45) is 21.7. The van der Waals surface area contributed by atoms with Crippen molar-refractivity contribution < 1.29 is 14.0 Å². The Morgan fingerprint density at radius 3 is 1.94 bits per heavy atom. The molecule has 3 atom stereocenters. The van der Waals surface area contributed by atoms with Crippen LogP contribution in [0.25, 0.3) is 0 Å². The number of allylic oxidation sites excluding steroid dienone is 11. The number of hydrogen-bond acceptors (Lipinski definition) is 3. The number of carbonyl (C=O) groups excluding carboxylic acids is 1. The van der Waals surface area contributed by atoms with E-state index >= 15 is 0 Å². The molecule has 0 aromatic carbocycles. The van der Waals surface area contributed by atoms with Crippen molar-refractivity contribution in [3.05, 3.63) is 71.4 Å². The number of aldehydes is 1. The quantitative estimate of drug-likeness (QED) is 0.0894. The second-order valence-corrected chi connectivity index (χ2v) is 16.0. The third-order valence-electron chi connectivity index (χ3n) is 8.15. The first kappa shape index (κ1) is 29.5. The molecule has 2 aliphatic rings. The van der Waals surface area contributed by atoms with Crippen LogP contribution in [0.2, 0.25) is 18.1 Å². The fourth-order valence-electron chi connectivity index (χ4n) is 5.64. The molecule has 0 amide bonds. The molecule has 1 aliphatic carbocycles. The van der Waals surface area contributed by atoms with Gasteiger partial charge < -0.3 is 9.16 Å². The Bertz CT molecular complexity index is 921. The molecule has 0 radical (unpaired) electrons. The summed E-state index contributed by atoms with van der Waals surface area (Å²) in [5.41, 5.74) is 2.71. The van der Waals surface area contributed by atoms with Gasteiger partial charge in [-0.1, -0.05) is 94.4 Å². The Morgan fingerprint density at radius 2 is 1.40 bits per heavy atom. The summed E-state index contributed by atoms with van der Waals surface area (Å²) in [4.78, 5) is 10.6. The molecule has 0 unspecified atom stereocenters. The molecule has 4 heteroatoms. The lowest BCUT2D eigenvalue weighted by Gasteiger charge is -2.44. The molecule has 194 valence electrons. The molecule has 2 fully saturated rings. The number of rotatable bonds is 12. The van der Waals surface area contributed by atoms with Crippen molar-refractivity contribution in [2.24, 2.45) is 5.41 Å². The van der Waals surface area contributed by atoms with Crippen LogP contribution in [0.1, 0.15) is 75.2 Å². The van der Waals surface area contributed by atoms with Gasteiger partial charge in [0.15, 0.2) is 8.32 Å². The summed E-state index contributed by atoms with van der Waals surface area (Å²) in [5, 5.41) is 0. The molecule has 1 saturated carbocycles. The second kappa shape index (κ2) is 12.0. The smallest absolute Gasteiger partial charge is 0.192 e. The first-order valence-corrected chi connectivity index (χ1v) is 15.8. The van der Waals surface area contributed by atoms with Gasteiger partial charge in [-0.25, -0.2) is 0 Å². The van der Waals surface area contributed by atoms with Gasteiger partial charge in [0.05, 0.1) is 0 Å². The Morgan fingerprint density at radius 1 is 0.857 bits per heavy atom. The third kappa shape index (κ3) is 6.93. The van der Waals surface area contributed by atoms with Crippen molar-refractivity contribution in [3.63, 3.8) is 0 Å². The lowest BCUT2D eigenvalue weighted by molar-refractivity contribution is -0.104. The summed E-state index contributed by atoms with van der Waals surface area (Å²) in [5.74, 6) is 0. The molecule has 3 nitrogen and oxygen atoms in total. The van der Waals surface area contributed by atoms with Crippen LogP contribution in [-0.2, 0) is 14.0 Å². The van der Waals surface area contributed by atoms with E-state index in [4.69, 9.17) is 9.16 Å². The Balaban J connectivity index is 2.06. The van der Waals surface area contributed by atoms with Gasteiger partial charge in [-0.2, -0.15) is 0 Å². The van der Waals surface area contributed by atoms with E-state index in [2.05, 4.69) is 85.8 Å². The number of epoxide rings is 1.